The third-order valence-electron chi connectivity index (χ3n) is 8.77. The molecule has 40 heavy (non-hydrogen) atoms. The van der Waals surface area contributed by atoms with Crippen LogP contribution in [0.15, 0.2) is 75.3 Å². The van der Waals surface area contributed by atoms with Gasteiger partial charge in [-0.2, -0.15) is 0 Å². The Kier molecular flexibility index (Phi) is 6.41. The fourth-order valence-electron chi connectivity index (χ4n) is 6.84. The molecule has 8 heteroatoms. The SMILES string of the molecule is CCc1ccc(N2C(=O)C3CC=C4C(c5cc(Br)cc(OC)c5O)C5=C(CC4C3C2=O)C(=O)C(C)=CC5=O)cc1. The fourth-order valence-corrected chi connectivity index (χ4v) is 7.30. The largest absolute Gasteiger partial charge is 0.504 e. The number of Topliss-reactive ketones (excluding diaryl/α,β-unsaturated/α-hetero) is 1. The van der Waals surface area contributed by atoms with Crippen molar-refractivity contribution in [3.8, 4) is 11.5 Å². The van der Waals surface area contributed by atoms with Crippen LogP contribution in [0.1, 0.15) is 43.7 Å². The molecule has 1 heterocycles. The second-order valence-electron chi connectivity index (χ2n) is 10.8. The fraction of sp³-hybridized carbons (Fsp3) is 0.312. The summed E-state index contributed by atoms with van der Waals surface area (Å²) in [5, 5.41) is 11.2. The lowest BCUT2D eigenvalue weighted by atomic mass is 9.59. The summed E-state index contributed by atoms with van der Waals surface area (Å²) < 4.78 is 6.02. The quantitative estimate of drug-likeness (QED) is 0.288. The maximum Gasteiger partial charge on any atom is 0.238 e. The first-order valence-corrected chi connectivity index (χ1v) is 14.2. The van der Waals surface area contributed by atoms with Gasteiger partial charge in [-0.25, -0.2) is 0 Å². The van der Waals surface area contributed by atoms with E-state index in [0.29, 0.717) is 38.9 Å². The number of aryl methyl sites for hydroxylation is 1. The van der Waals surface area contributed by atoms with Crippen LogP contribution >= 0.6 is 15.9 Å². The zero-order valence-electron chi connectivity index (χ0n) is 22.4. The number of amides is 2. The van der Waals surface area contributed by atoms with E-state index < -0.39 is 23.7 Å². The minimum absolute atomic E-state index is 0.135. The van der Waals surface area contributed by atoms with Crippen molar-refractivity contribution in [2.24, 2.45) is 17.8 Å². The average molecular weight is 602 g/mol. The molecule has 1 saturated heterocycles. The van der Waals surface area contributed by atoms with Crippen molar-refractivity contribution in [2.75, 3.05) is 12.0 Å². The number of methoxy groups -OCH3 is 1. The number of imide groups is 1. The molecule has 4 aliphatic rings. The molecule has 0 radical (unpaired) electrons. The van der Waals surface area contributed by atoms with Gasteiger partial charge >= 0.3 is 0 Å². The highest BCUT2D eigenvalue weighted by Crippen LogP contribution is 2.57. The summed E-state index contributed by atoms with van der Waals surface area (Å²) in [5.74, 6) is -3.48. The minimum Gasteiger partial charge on any atom is -0.504 e. The number of fused-ring (bicyclic) bond motifs is 3. The summed E-state index contributed by atoms with van der Waals surface area (Å²) in [6.07, 6.45) is 4.63. The zero-order chi connectivity index (χ0) is 28.5. The Morgan fingerprint density at radius 3 is 2.45 bits per heavy atom. The molecule has 2 amide bonds. The van der Waals surface area contributed by atoms with Crippen LogP contribution in [0.2, 0.25) is 0 Å². The number of benzene rings is 2. The third-order valence-corrected chi connectivity index (χ3v) is 9.22. The second kappa shape index (κ2) is 9.70. The second-order valence-corrected chi connectivity index (χ2v) is 11.7. The monoisotopic (exact) mass is 601 g/mol. The number of ketones is 2. The van der Waals surface area contributed by atoms with Crippen LogP contribution in [0.25, 0.3) is 0 Å². The zero-order valence-corrected chi connectivity index (χ0v) is 23.9. The van der Waals surface area contributed by atoms with E-state index in [1.165, 1.54) is 18.1 Å². The molecule has 3 aliphatic carbocycles. The molecular formula is C32H28BrNO6. The number of carbonyl (C=O) groups is 4. The Hall–Kier alpha value is -3.78. The lowest BCUT2D eigenvalue weighted by Gasteiger charge is -2.42. The standard InChI is InChI=1S/C32H28BrNO6/c1-4-16-5-7-18(8-6-16)34-31(38)20-10-9-19-21(27(20)32(34)39)14-23-28(24(35)11-15(2)29(23)36)26(19)22-12-17(33)13-25(40-3)30(22)37/h5-9,11-13,20-21,26-27,37H,4,10,14H2,1-3H3. The molecule has 0 bridgehead atoms. The van der Waals surface area contributed by atoms with Gasteiger partial charge < -0.3 is 9.84 Å². The molecule has 6 rings (SSSR count). The molecule has 0 aromatic heterocycles. The van der Waals surface area contributed by atoms with E-state index in [-0.39, 0.29) is 41.3 Å². The number of phenolic OH excluding ortho intramolecular Hbond substituents is 1. The van der Waals surface area contributed by atoms with E-state index in [1.807, 2.05) is 25.1 Å². The van der Waals surface area contributed by atoms with Crippen molar-refractivity contribution >= 4 is 45.0 Å². The average Bonchev–Trinajstić information content (AvgIpc) is 3.21. The van der Waals surface area contributed by atoms with E-state index in [4.69, 9.17) is 4.74 Å². The minimum atomic E-state index is -0.761. The van der Waals surface area contributed by atoms with Crippen LogP contribution in [0, 0.1) is 17.8 Å². The van der Waals surface area contributed by atoms with Crippen LogP contribution in [-0.2, 0) is 25.6 Å². The summed E-state index contributed by atoms with van der Waals surface area (Å²) in [6.45, 7) is 3.65. The Morgan fingerprint density at radius 2 is 1.77 bits per heavy atom. The van der Waals surface area contributed by atoms with Gasteiger partial charge in [-0.1, -0.05) is 46.6 Å². The first-order valence-electron chi connectivity index (χ1n) is 13.4. The molecule has 0 saturated carbocycles. The van der Waals surface area contributed by atoms with Gasteiger partial charge in [-0.3, -0.25) is 24.1 Å². The number of aromatic hydroxyl groups is 1. The maximum atomic E-state index is 14.0. The Balaban J connectivity index is 1.50. The number of ether oxygens (including phenoxy) is 1. The van der Waals surface area contributed by atoms with Crippen molar-refractivity contribution in [2.45, 2.75) is 39.0 Å². The number of anilines is 1. The number of hydrogen-bond donors (Lipinski definition) is 1. The highest BCUT2D eigenvalue weighted by Gasteiger charge is 2.56. The summed E-state index contributed by atoms with van der Waals surface area (Å²) in [6, 6.07) is 10.8. The van der Waals surface area contributed by atoms with Crippen LogP contribution in [0.4, 0.5) is 5.69 Å². The first kappa shape index (κ1) is 26.4. The lowest BCUT2D eigenvalue weighted by molar-refractivity contribution is -0.123. The van der Waals surface area contributed by atoms with Gasteiger partial charge in [0, 0.05) is 32.7 Å². The van der Waals surface area contributed by atoms with E-state index in [2.05, 4.69) is 15.9 Å². The van der Waals surface area contributed by atoms with E-state index >= 15 is 0 Å². The predicted octanol–water partition coefficient (Wildman–Crippen LogP) is 5.36. The third kappa shape index (κ3) is 3.84. The van der Waals surface area contributed by atoms with Crippen molar-refractivity contribution in [3.63, 3.8) is 0 Å². The lowest BCUT2D eigenvalue weighted by Crippen LogP contribution is -2.39. The molecule has 4 unspecified atom stereocenters. The molecule has 1 aliphatic heterocycles. The summed E-state index contributed by atoms with van der Waals surface area (Å²) in [7, 11) is 1.44. The van der Waals surface area contributed by atoms with Crippen LogP contribution in [0.3, 0.4) is 0 Å². The highest BCUT2D eigenvalue weighted by atomic mass is 79.9. The molecular weight excluding hydrogens is 574 g/mol. The first-order chi connectivity index (χ1) is 19.2. The molecule has 0 spiro atoms. The summed E-state index contributed by atoms with van der Waals surface area (Å²) in [5.41, 5.74) is 3.82. The smallest absolute Gasteiger partial charge is 0.238 e. The van der Waals surface area contributed by atoms with Gasteiger partial charge in [0.2, 0.25) is 11.8 Å². The maximum absolute atomic E-state index is 14.0. The number of carbonyl (C=O) groups excluding carboxylic acids is 4. The van der Waals surface area contributed by atoms with Crippen molar-refractivity contribution in [1.82, 2.24) is 0 Å². The molecule has 4 atom stereocenters. The number of rotatable bonds is 4. The van der Waals surface area contributed by atoms with E-state index in [0.717, 1.165) is 17.6 Å². The number of nitrogens with zero attached hydrogens (tertiary/aromatic N) is 1. The van der Waals surface area contributed by atoms with E-state index in [9.17, 15) is 24.3 Å². The Bertz CT molecular complexity index is 1600. The van der Waals surface area contributed by atoms with Gasteiger partial charge in [0.15, 0.2) is 23.1 Å². The highest BCUT2D eigenvalue weighted by molar-refractivity contribution is 9.10. The van der Waals surface area contributed by atoms with Gasteiger partial charge in [-0.15, -0.1) is 0 Å². The normalized spacial score (nSPS) is 25.9. The summed E-state index contributed by atoms with van der Waals surface area (Å²) in [4.78, 5) is 55.9. The molecule has 2 aromatic carbocycles. The molecule has 1 fully saturated rings. The number of allylic oxidation sites excluding steroid dienone is 6. The van der Waals surface area contributed by atoms with Crippen molar-refractivity contribution < 1.29 is 29.0 Å². The van der Waals surface area contributed by atoms with Gasteiger partial charge in [-0.05, 0) is 68.0 Å². The van der Waals surface area contributed by atoms with Gasteiger partial charge in [0.1, 0.15) is 0 Å². The van der Waals surface area contributed by atoms with Crippen LogP contribution < -0.4 is 9.64 Å². The number of phenols is 1. The Labute approximate surface area is 240 Å². The van der Waals surface area contributed by atoms with E-state index in [1.54, 1.807) is 31.2 Å². The van der Waals surface area contributed by atoms with Crippen LogP contribution in [-0.4, -0.2) is 35.6 Å². The molecule has 1 N–H and O–H groups in total. The number of hydrogen-bond acceptors (Lipinski definition) is 6. The van der Waals surface area contributed by atoms with Gasteiger partial charge in [0.25, 0.3) is 0 Å². The molecule has 204 valence electrons. The number of halogens is 1. The molecule has 7 nitrogen and oxygen atoms in total. The van der Waals surface area contributed by atoms with Crippen molar-refractivity contribution in [3.05, 3.63) is 86.4 Å². The summed E-state index contributed by atoms with van der Waals surface area (Å²) >= 11 is 3.48. The Morgan fingerprint density at radius 1 is 1.05 bits per heavy atom. The van der Waals surface area contributed by atoms with Gasteiger partial charge in [0.05, 0.1) is 24.6 Å². The predicted molar refractivity (Wildman–Crippen MR) is 152 cm³/mol. The van der Waals surface area contributed by atoms with Crippen LogP contribution in [0.5, 0.6) is 11.5 Å². The molecule has 2 aromatic rings. The van der Waals surface area contributed by atoms with Crippen molar-refractivity contribution in [1.29, 1.82) is 0 Å². The topological polar surface area (TPSA) is 101 Å².